The third-order valence-corrected chi connectivity index (χ3v) is 3.82. The van der Waals surface area contributed by atoms with E-state index in [2.05, 4.69) is 40.7 Å². The van der Waals surface area contributed by atoms with Crippen LogP contribution in [-0.2, 0) is 0 Å². The first kappa shape index (κ1) is 9.83. The molecule has 0 nitrogen and oxygen atoms in total. The highest BCUT2D eigenvalue weighted by Crippen LogP contribution is 2.47. The van der Waals surface area contributed by atoms with Crippen molar-refractivity contribution in [3.63, 3.8) is 0 Å². The van der Waals surface area contributed by atoms with E-state index in [1.807, 2.05) is 0 Å². The van der Waals surface area contributed by atoms with Gasteiger partial charge in [0.2, 0.25) is 0 Å². The van der Waals surface area contributed by atoms with E-state index in [0.29, 0.717) is 5.41 Å². The monoisotopic (exact) mass is 166 g/mol. The number of allylic oxidation sites excluding steroid dienone is 2. The van der Waals surface area contributed by atoms with Gasteiger partial charge in [-0.3, -0.25) is 0 Å². The normalized spacial score (nSPS) is 33.6. The molecule has 0 saturated heterocycles. The molecule has 0 aromatic rings. The predicted octanol–water partition coefficient (Wildman–Crippen LogP) is 4.02. The van der Waals surface area contributed by atoms with Crippen molar-refractivity contribution in [2.75, 3.05) is 0 Å². The van der Waals surface area contributed by atoms with E-state index in [1.54, 1.807) is 5.57 Å². The smallest absolute Gasteiger partial charge is 0.0174 e. The molecule has 0 heteroatoms. The Balaban J connectivity index is 2.76. The second-order valence-corrected chi connectivity index (χ2v) is 4.85. The molecule has 1 aliphatic carbocycles. The van der Waals surface area contributed by atoms with Gasteiger partial charge in [-0.1, -0.05) is 45.8 Å². The molecule has 2 atom stereocenters. The van der Waals surface area contributed by atoms with Gasteiger partial charge >= 0.3 is 0 Å². The van der Waals surface area contributed by atoms with E-state index in [-0.39, 0.29) is 0 Å². The van der Waals surface area contributed by atoms with Gasteiger partial charge in [0.15, 0.2) is 0 Å². The summed E-state index contributed by atoms with van der Waals surface area (Å²) < 4.78 is 0. The molecule has 0 bridgehead atoms. The minimum Gasteiger partial charge on any atom is -0.0816 e. The largest absolute Gasteiger partial charge is 0.0816 e. The first-order valence-electron chi connectivity index (χ1n) is 5.18. The minimum atomic E-state index is 0.500. The van der Waals surface area contributed by atoms with Crippen LogP contribution in [0.25, 0.3) is 0 Å². The lowest BCUT2D eigenvalue weighted by Crippen LogP contribution is -2.24. The van der Waals surface area contributed by atoms with Crippen LogP contribution in [0.1, 0.15) is 47.5 Å². The van der Waals surface area contributed by atoms with Crippen LogP contribution >= 0.6 is 0 Å². The third-order valence-electron chi connectivity index (χ3n) is 3.82. The summed E-state index contributed by atoms with van der Waals surface area (Å²) in [5, 5.41) is 0. The molecule has 0 aromatic carbocycles. The van der Waals surface area contributed by atoms with Gasteiger partial charge in [0.25, 0.3) is 0 Å². The van der Waals surface area contributed by atoms with Gasteiger partial charge in [0.05, 0.1) is 0 Å². The highest BCUT2D eigenvalue weighted by molar-refractivity contribution is 5.18. The average molecular weight is 166 g/mol. The Bertz CT molecular complexity index is 186. The van der Waals surface area contributed by atoms with Crippen molar-refractivity contribution in [1.82, 2.24) is 0 Å². The molecule has 0 spiro atoms. The lowest BCUT2D eigenvalue weighted by Gasteiger charge is -2.32. The van der Waals surface area contributed by atoms with Crippen LogP contribution in [0.4, 0.5) is 0 Å². The molecule has 1 aliphatic rings. The minimum absolute atomic E-state index is 0.500. The van der Waals surface area contributed by atoms with Crippen molar-refractivity contribution < 1.29 is 0 Å². The van der Waals surface area contributed by atoms with Gasteiger partial charge in [-0.2, -0.15) is 0 Å². The Morgan fingerprint density at radius 3 is 2.33 bits per heavy atom. The molecule has 70 valence electrons. The Kier molecular flexibility index (Phi) is 2.65. The topological polar surface area (TPSA) is 0 Å². The molecule has 0 heterocycles. The summed E-state index contributed by atoms with van der Waals surface area (Å²) >= 11 is 0. The van der Waals surface area contributed by atoms with E-state index < -0.39 is 0 Å². The summed E-state index contributed by atoms with van der Waals surface area (Å²) in [7, 11) is 0. The van der Waals surface area contributed by atoms with Crippen molar-refractivity contribution in [1.29, 1.82) is 0 Å². The van der Waals surface area contributed by atoms with Crippen LogP contribution in [0.3, 0.4) is 0 Å². The Labute approximate surface area is 77.1 Å². The zero-order chi connectivity index (χ0) is 9.35. The number of hydrogen-bond acceptors (Lipinski definition) is 0. The van der Waals surface area contributed by atoms with Crippen molar-refractivity contribution >= 4 is 0 Å². The number of hydrogen-bond donors (Lipinski definition) is 0. The first-order chi connectivity index (χ1) is 5.50. The van der Waals surface area contributed by atoms with Crippen LogP contribution in [0, 0.1) is 17.3 Å². The molecule has 0 amide bonds. The van der Waals surface area contributed by atoms with Gasteiger partial charge in [0, 0.05) is 0 Å². The van der Waals surface area contributed by atoms with Crippen LogP contribution in [0.5, 0.6) is 0 Å². The summed E-state index contributed by atoms with van der Waals surface area (Å²) in [6.07, 6.45) is 5.16. The maximum Gasteiger partial charge on any atom is -0.0174 e. The molecule has 0 radical (unpaired) electrons. The molecular formula is C12H22. The highest BCUT2D eigenvalue weighted by atomic mass is 14.4. The zero-order valence-electron chi connectivity index (χ0n) is 9.15. The standard InChI is InChI=1S/C12H22/c1-6-7-11-8-9(2)10(3)12(11,4)5/h8,10-11H,6-7H2,1-5H3. The summed E-state index contributed by atoms with van der Waals surface area (Å²) in [6, 6.07) is 0. The number of rotatable bonds is 2. The van der Waals surface area contributed by atoms with Crippen LogP contribution in [-0.4, -0.2) is 0 Å². The molecule has 12 heavy (non-hydrogen) atoms. The third kappa shape index (κ3) is 1.44. The van der Waals surface area contributed by atoms with Gasteiger partial charge in [-0.15, -0.1) is 0 Å². The fraction of sp³-hybridized carbons (Fsp3) is 0.833. The van der Waals surface area contributed by atoms with Crippen molar-refractivity contribution in [3.05, 3.63) is 11.6 Å². The van der Waals surface area contributed by atoms with Crippen molar-refractivity contribution in [2.24, 2.45) is 17.3 Å². The van der Waals surface area contributed by atoms with E-state index in [4.69, 9.17) is 0 Å². The highest BCUT2D eigenvalue weighted by Gasteiger charge is 2.38. The van der Waals surface area contributed by atoms with Crippen molar-refractivity contribution in [2.45, 2.75) is 47.5 Å². The lowest BCUT2D eigenvalue weighted by atomic mass is 9.73. The average Bonchev–Trinajstić information content (AvgIpc) is 2.17. The van der Waals surface area contributed by atoms with Gasteiger partial charge in [-0.05, 0) is 30.6 Å². The van der Waals surface area contributed by atoms with Gasteiger partial charge in [0.1, 0.15) is 0 Å². The molecule has 0 fully saturated rings. The molecule has 0 saturated carbocycles. The SMILES string of the molecule is CCCC1C=C(C)C(C)C1(C)C. The summed E-state index contributed by atoms with van der Waals surface area (Å²) in [5.74, 6) is 1.59. The lowest BCUT2D eigenvalue weighted by molar-refractivity contribution is 0.202. The fourth-order valence-corrected chi connectivity index (χ4v) is 2.35. The Morgan fingerprint density at radius 1 is 1.42 bits per heavy atom. The maximum atomic E-state index is 2.49. The van der Waals surface area contributed by atoms with Crippen LogP contribution in [0.15, 0.2) is 11.6 Å². The molecular weight excluding hydrogens is 144 g/mol. The predicted molar refractivity (Wildman–Crippen MR) is 55.1 cm³/mol. The van der Waals surface area contributed by atoms with E-state index in [0.717, 1.165) is 11.8 Å². The summed E-state index contributed by atoms with van der Waals surface area (Å²) in [4.78, 5) is 0. The molecule has 0 N–H and O–H groups in total. The summed E-state index contributed by atoms with van der Waals surface area (Å²) in [6.45, 7) is 11.7. The summed E-state index contributed by atoms with van der Waals surface area (Å²) in [5.41, 5.74) is 2.10. The van der Waals surface area contributed by atoms with E-state index in [9.17, 15) is 0 Å². The van der Waals surface area contributed by atoms with Crippen LogP contribution < -0.4 is 0 Å². The Hall–Kier alpha value is -0.260. The van der Waals surface area contributed by atoms with E-state index >= 15 is 0 Å². The first-order valence-corrected chi connectivity index (χ1v) is 5.18. The quantitative estimate of drug-likeness (QED) is 0.543. The Morgan fingerprint density at radius 2 is 2.00 bits per heavy atom. The second kappa shape index (κ2) is 3.24. The van der Waals surface area contributed by atoms with Crippen molar-refractivity contribution in [3.8, 4) is 0 Å². The fourth-order valence-electron chi connectivity index (χ4n) is 2.35. The molecule has 1 rings (SSSR count). The molecule has 2 unspecified atom stereocenters. The van der Waals surface area contributed by atoms with Crippen LogP contribution in [0.2, 0.25) is 0 Å². The van der Waals surface area contributed by atoms with Gasteiger partial charge in [-0.25, -0.2) is 0 Å². The maximum absolute atomic E-state index is 2.49. The molecule has 0 aliphatic heterocycles. The van der Waals surface area contributed by atoms with E-state index in [1.165, 1.54) is 12.8 Å². The van der Waals surface area contributed by atoms with Gasteiger partial charge < -0.3 is 0 Å². The second-order valence-electron chi connectivity index (χ2n) is 4.85. The molecule has 0 aromatic heterocycles. The zero-order valence-corrected chi connectivity index (χ0v) is 9.15.